The van der Waals surface area contributed by atoms with Crippen LogP contribution in [0, 0.1) is 0 Å². The van der Waals surface area contributed by atoms with Gasteiger partial charge in [0.2, 0.25) is 0 Å². The molecule has 2 aliphatic rings. The first-order chi connectivity index (χ1) is 7.81. The summed E-state index contributed by atoms with van der Waals surface area (Å²) in [6.45, 7) is 2.43. The fourth-order valence-electron chi connectivity index (χ4n) is 3.01. The van der Waals surface area contributed by atoms with Crippen LogP contribution in [-0.4, -0.2) is 20.2 Å². The number of ether oxygens (including phenoxy) is 1. The van der Waals surface area contributed by atoms with E-state index in [1.807, 2.05) is 0 Å². The van der Waals surface area contributed by atoms with Gasteiger partial charge in [0.15, 0.2) is 0 Å². The van der Waals surface area contributed by atoms with E-state index in [0.29, 0.717) is 0 Å². The van der Waals surface area contributed by atoms with Crippen molar-refractivity contribution in [2.75, 3.05) is 25.1 Å². The highest BCUT2D eigenvalue weighted by molar-refractivity contribution is 9.10. The lowest BCUT2D eigenvalue weighted by Crippen LogP contribution is -2.34. The zero-order chi connectivity index (χ0) is 11.1. The lowest BCUT2D eigenvalue weighted by Gasteiger charge is -2.37. The Balaban J connectivity index is 2.23. The van der Waals surface area contributed by atoms with Crippen molar-refractivity contribution in [2.45, 2.75) is 25.7 Å². The maximum absolute atomic E-state index is 5.54. The summed E-state index contributed by atoms with van der Waals surface area (Å²) in [7, 11) is 1.77. The third-order valence-corrected chi connectivity index (χ3v) is 4.22. The largest absolute Gasteiger partial charge is 0.495 e. The van der Waals surface area contributed by atoms with Crippen molar-refractivity contribution in [1.82, 2.24) is 0 Å². The number of aryl methyl sites for hydroxylation is 1. The van der Waals surface area contributed by atoms with Gasteiger partial charge in [0.05, 0.1) is 11.6 Å². The van der Waals surface area contributed by atoms with Crippen molar-refractivity contribution >= 4 is 21.6 Å². The normalized spacial score (nSPS) is 18.2. The molecule has 0 saturated carbocycles. The smallest absolute Gasteiger partial charge is 0.138 e. The highest BCUT2D eigenvalue weighted by Crippen LogP contribution is 2.44. The summed E-state index contributed by atoms with van der Waals surface area (Å²) in [5, 5.41) is 0. The maximum Gasteiger partial charge on any atom is 0.138 e. The third-order valence-electron chi connectivity index (χ3n) is 3.63. The van der Waals surface area contributed by atoms with Gasteiger partial charge < -0.3 is 9.64 Å². The minimum atomic E-state index is 1.05. The average molecular weight is 282 g/mol. The zero-order valence-corrected chi connectivity index (χ0v) is 11.1. The molecule has 0 N–H and O–H groups in total. The average Bonchev–Trinajstić information content (AvgIpc) is 2.30. The first-order valence-electron chi connectivity index (χ1n) is 5.94. The number of nitrogens with zero attached hydrogens (tertiary/aromatic N) is 1. The molecule has 3 rings (SSSR count). The summed E-state index contributed by atoms with van der Waals surface area (Å²) in [6, 6.07) is 2.25. The fourth-order valence-corrected chi connectivity index (χ4v) is 3.69. The zero-order valence-electron chi connectivity index (χ0n) is 9.55. The highest BCUT2D eigenvalue weighted by atomic mass is 79.9. The molecule has 1 aromatic rings. The van der Waals surface area contributed by atoms with Gasteiger partial charge in [-0.15, -0.1) is 0 Å². The Labute approximate surface area is 105 Å². The Hall–Kier alpha value is -0.700. The van der Waals surface area contributed by atoms with E-state index in [1.165, 1.54) is 49.2 Å². The predicted molar refractivity (Wildman–Crippen MR) is 69.5 cm³/mol. The summed E-state index contributed by atoms with van der Waals surface area (Å²) in [5.41, 5.74) is 4.38. The monoisotopic (exact) mass is 281 g/mol. The topological polar surface area (TPSA) is 12.5 Å². The van der Waals surface area contributed by atoms with Gasteiger partial charge in [-0.2, -0.15) is 0 Å². The molecular formula is C13H16BrNO. The summed E-state index contributed by atoms with van der Waals surface area (Å²) in [6.07, 6.45) is 4.90. The molecule has 0 atom stereocenters. The van der Waals surface area contributed by atoms with E-state index < -0.39 is 0 Å². The van der Waals surface area contributed by atoms with Crippen LogP contribution in [0.5, 0.6) is 5.75 Å². The third kappa shape index (κ3) is 1.45. The molecule has 0 bridgehead atoms. The second kappa shape index (κ2) is 3.95. The predicted octanol–water partition coefficient (Wildman–Crippen LogP) is 3.16. The molecule has 16 heavy (non-hydrogen) atoms. The molecule has 0 radical (unpaired) electrons. The van der Waals surface area contributed by atoms with E-state index in [-0.39, 0.29) is 0 Å². The van der Waals surface area contributed by atoms with E-state index in [4.69, 9.17) is 4.74 Å². The molecule has 0 amide bonds. The van der Waals surface area contributed by atoms with Gasteiger partial charge in [-0.05, 0) is 53.2 Å². The molecule has 0 spiro atoms. The number of benzene rings is 1. The van der Waals surface area contributed by atoms with Crippen molar-refractivity contribution in [1.29, 1.82) is 0 Å². The van der Waals surface area contributed by atoms with Crippen molar-refractivity contribution in [2.24, 2.45) is 0 Å². The molecule has 2 heterocycles. The number of hydrogen-bond donors (Lipinski definition) is 0. The van der Waals surface area contributed by atoms with Crippen LogP contribution in [0.1, 0.15) is 24.0 Å². The van der Waals surface area contributed by atoms with Crippen molar-refractivity contribution in [3.05, 3.63) is 21.7 Å². The Morgan fingerprint density at radius 1 is 1.25 bits per heavy atom. The van der Waals surface area contributed by atoms with E-state index in [1.54, 1.807) is 7.11 Å². The molecule has 2 aliphatic heterocycles. The van der Waals surface area contributed by atoms with Gasteiger partial charge in [-0.1, -0.05) is 0 Å². The van der Waals surface area contributed by atoms with Crippen LogP contribution in [0.3, 0.4) is 0 Å². The van der Waals surface area contributed by atoms with E-state index >= 15 is 0 Å². The van der Waals surface area contributed by atoms with Crippen molar-refractivity contribution in [3.8, 4) is 5.75 Å². The minimum Gasteiger partial charge on any atom is -0.495 e. The van der Waals surface area contributed by atoms with Crippen LogP contribution in [0.4, 0.5) is 5.69 Å². The molecule has 2 nitrogen and oxygen atoms in total. The first-order valence-corrected chi connectivity index (χ1v) is 6.73. The molecule has 0 unspecified atom stereocenters. The molecule has 86 valence electrons. The SMILES string of the molecule is COc1c(Br)cc2c3c1CCCN3CCC2. The Morgan fingerprint density at radius 3 is 2.75 bits per heavy atom. The van der Waals surface area contributed by atoms with Gasteiger partial charge in [0.25, 0.3) is 0 Å². The Bertz CT molecular complexity index is 428. The van der Waals surface area contributed by atoms with Gasteiger partial charge in [-0.25, -0.2) is 0 Å². The molecule has 0 fully saturated rings. The van der Waals surface area contributed by atoms with E-state index in [2.05, 4.69) is 26.9 Å². The van der Waals surface area contributed by atoms with Crippen molar-refractivity contribution < 1.29 is 4.74 Å². The molecule has 0 aromatic heterocycles. The second-order valence-corrected chi connectivity index (χ2v) is 5.43. The lowest BCUT2D eigenvalue weighted by atomic mass is 9.91. The van der Waals surface area contributed by atoms with E-state index in [0.717, 1.165) is 16.6 Å². The number of methoxy groups -OCH3 is 1. The lowest BCUT2D eigenvalue weighted by molar-refractivity contribution is 0.404. The summed E-state index contributed by atoms with van der Waals surface area (Å²) in [5.74, 6) is 1.05. The summed E-state index contributed by atoms with van der Waals surface area (Å²) >= 11 is 3.63. The fraction of sp³-hybridized carbons (Fsp3) is 0.538. The first kappa shape index (κ1) is 10.5. The number of anilines is 1. The Morgan fingerprint density at radius 2 is 2.00 bits per heavy atom. The maximum atomic E-state index is 5.54. The minimum absolute atomic E-state index is 1.05. The number of rotatable bonds is 1. The van der Waals surface area contributed by atoms with Gasteiger partial charge in [0, 0.05) is 24.3 Å². The molecule has 1 aromatic carbocycles. The van der Waals surface area contributed by atoms with E-state index in [9.17, 15) is 0 Å². The van der Waals surface area contributed by atoms with Crippen LogP contribution < -0.4 is 9.64 Å². The van der Waals surface area contributed by atoms with Crippen LogP contribution in [0.2, 0.25) is 0 Å². The summed E-state index contributed by atoms with van der Waals surface area (Å²) in [4.78, 5) is 2.53. The number of hydrogen-bond acceptors (Lipinski definition) is 2. The van der Waals surface area contributed by atoms with Gasteiger partial charge in [0.1, 0.15) is 5.75 Å². The van der Waals surface area contributed by atoms with Crippen molar-refractivity contribution in [3.63, 3.8) is 0 Å². The highest BCUT2D eigenvalue weighted by Gasteiger charge is 2.27. The molecule has 0 saturated heterocycles. The Kier molecular flexibility index (Phi) is 2.58. The van der Waals surface area contributed by atoms with Crippen LogP contribution in [0.25, 0.3) is 0 Å². The van der Waals surface area contributed by atoms with Crippen LogP contribution in [-0.2, 0) is 12.8 Å². The summed E-state index contributed by atoms with van der Waals surface area (Å²) < 4.78 is 6.66. The molecular weight excluding hydrogens is 266 g/mol. The second-order valence-electron chi connectivity index (χ2n) is 4.57. The van der Waals surface area contributed by atoms with Gasteiger partial charge in [-0.3, -0.25) is 0 Å². The quantitative estimate of drug-likeness (QED) is 0.784. The molecule has 0 aliphatic carbocycles. The standard InChI is InChI=1S/C13H16BrNO/c1-16-13-10-5-3-7-15-6-2-4-9(12(10)15)8-11(13)14/h8H,2-7H2,1H3. The number of halogens is 1. The van der Waals surface area contributed by atoms with Crippen LogP contribution in [0.15, 0.2) is 10.5 Å². The van der Waals surface area contributed by atoms with Crippen LogP contribution >= 0.6 is 15.9 Å². The molecule has 3 heteroatoms. The van der Waals surface area contributed by atoms with Gasteiger partial charge >= 0.3 is 0 Å².